The van der Waals surface area contributed by atoms with Gasteiger partial charge >= 0.3 is 0 Å². The minimum absolute atomic E-state index is 0.228. The Morgan fingerprint density at radius 1 is 1.18 bits per heavy atom. The molecule has 112 valence electrons. The molecule has 3 nitrogen and oxygen atoms in total. The molecule has 2 aromatic carbocycles. The minimum Gasteiger partial charge on any atom is -0.352 e. The zero-order chi connectivity index (χ0) is 15.5. The van der Waals surface area contributed by atoms with Gasteiger partial charge in [0.1, 0.15) is 5.82 Å². The second-order valence-corrected chi connectivity index (χ2v) is 5.94. The van der Waals surface area contributed by atoms with Gasteiger partial charge in [-0.2, -0.15) is 0 Å². The molecule has 0 atom stereocenters. The van der Waals surface area contributed by atoms with Crippen LogP contribution in [0.1, 0.15) is 5.56 Å². The third kappa shape index (κ3) is 3.20. The number of benzene rings is 2. The topological polar surface area (TPSA) is 29.9 Å². The molecule has 0 saturated carbocycles. The summed E-state index contributed by atoms with van der Waals surface area (Å²) in [5, 5.41) is 3.23. The van der Waals surface area contributed by atoms with Crippen molar-refractivity contribution in [3.63, 3.8) is 0 Å². The van der Waals surface area contributed by atoms with Crippen molar-refractivity contribution in [2.45, 2.75) is 6.54 Å². The smallest absolute Gasteiger partial charge is 0.203 e. The van der Waals surface area contributed by atoms with Gasteiger partial charge in [-0.3, -0.25) is 0 Å². The fourth-order valence-corrected chi connectivity index (χ4v) is 2.72. The second-order valence-electron chi connectivity index (χ2n) is 5.02. The van der Waals surface area contributed by atoms with Crippen molar-refractivity contribution in [1.29, 1.82) is 0 Å². The Balaban J connectivity index is 1.79. The van der Waals surface area contributed by atoms with Crippen molar-refractivity contribution in [3.05, 3.63) is 70.6 Å². The van der Waals surface area contributed by atoms with Gasteiger partial charge in [0.25, 0.3) is 0 Å². The van der Waals surface area contributed by atoms with E-state index in [1.54, 1.807) is 6.07 Å². The summed E-state index contributed by atoms with van der Waals surface area (Å²) in [6.07, 6.45) is 1.83. The average Bonchev–Trinajstić information content (AvgIpc) is 2.86. The van der Waals surface area contributed by atoms with Crippen molar-refractivity contribution in [3.8, 4) is 11.3 Å². The molecule has 0 bridgehead atoms. The quantitative estimate of drug-likeness (QED) is 0.737. The molecule has 3 aromatic rings. The lowest BCUT2D eigenvalue weighted by Gasteiger charge is -2.09. The molecule has 0 aliphatic rings. The SMILES string of the molecule is Cn1c(-c2cccc(Br)c2)cnc1NCc1cccc(F)c1. The van der Waals surface area contributed by atoms with Crippen LogP contribution in [0.5, 0.6) is 0 Å². The third-order valence-electron chi connectivity index (χ3n) is 3.45. The van der Waals surface area contributed by atoms with Crippen molar-refractivity contribution in [2.24, 2.45) is 7.05 Å². The van der Waals surface area contributed by atoms with Gasteiger partial charge in [0.15, 0.2) is 0 Å². The molecule has 3 rings (SSSR count). The van der Waals surface area contributed by atoms with Gasteiger partial charge in [0, 0.05) is 23.6 Å². The number of anilines is 1. The lowest BCUT2D eigenvalue weighted by atomic mass is 10.2. The number of rotatable bonds is 4. The van der Waals surface area contributed by atoms with Crippen molar-refractivity contribution in [1.82, 2.24) is 9.55 Å². The molecule has 0 fully saturated rings. The van der Waals surface area contributed by atoms with E-state index >= 15 is 0 Å². The molecular formula is C17H15BrFN3. The zero-order valence-corrected chi connectivity index (χ0v) is 13.6. The minimum atomic E-state index is -0.228. The van der Waals surface area contributed by atoms with Crippen LogP contribution in [0.3, 0.4) is 0 Å². The lowest BCUT2D eigenvalue weighted by Crippen LogP contribution is -2.05. The summed E-state index contributed by atoms with van der Waals surface area (Å²) >= 11 is 3.48. The van der Waals surface area contributed by atoms with E-state index in [-0.39, 0.29) is 5.82 Å². The molecule has 1 aromatic heterocycles. The van der Waals surface area contributed by atoms with E-state index in [1.807, 2.05) is 48.1 Å². The molecule has 0 spiro atoms. The number of nitrogens with one attached hydrogen (secondary N) is 1. The van der Waals surface area contributed by atoms with E-state index in [4.69, 9.17) is 0 Å². The fourth-order valence-electron chi connectivity index (χ4n) is 2.32. The normalized spacial score (nSPS) is 10.7. The molecule has 22 heavy (non-hydrogen) atoms. The Kier molecular flexibility index (Phi) is 4.24. The monoisotopic (exact) mass is 359 g/mol. The number of halogens is 2. The van der Waals surface area contributed by atoms with Crippen LogP contribution in [0.4, 0.5) is 10.3 Å². The molecule has 0 aliphatic heterocycles. The zero-order valence-electron chi connectivity index (χ0n) is 12.1. The maximum atomic E-state index is 13.2. The van der Waals surface area contributed by atoms with Gasteiger partial charge in [-0.25, -0.2) is 9.37 Å². The molecular weight excluding hydrogens is 345 g/mol. The summed E-state index contributed by atoms with van der Waals surface area (Å²) < 4.78 is 16.2. The van der Waals surface area contributed by atoms with E-state index < -0.39 is 0 Å². The molecule has 1 N–H and O–H groups in total. The van der Waals surface area contributed by atoms with E-state index in [0.717, 1.165) is 27.2 Å². The van der Waals surface area contributed by atoms with E-state index in [2.05, 4.69) is 26.2 Å². The van der Waals surface area contributed by atoms with Crippen LogP contribution in [0.2, 0.25) is 0 Å². The fraction of sp³-hybridized carbons (Fsp3) is 0.118. The van der Waals surface area contributed by atoms with Gasteiger partial charge in [-0.05, 0) is 29.8 Å². The summed E-state index contributed by atoms with van der Waals surface area (Å²) in [7, 11) is 1.96. The molecule has 0 aliphatic carbocycles. The van der Waals surface area contributed by atoms with Gasteiger partial charge in [0.2, 0.25) is 5.95 Å². The van der Waals surface area contributed by atoms with Gasteiger partial charge in [0.05, 0.1) is 11.9 Å². The first kappa shape index (κ1) is 14.8. The maximum Gasteiger partial charge on any atom is 0.203 e. The van der Waals surface area contributed by atoms with Crippen molar-refractivity contribution >= 4 is 21.9 Å². The lowest BCUT2D eigenvalue weighted by molar-refractivity contribution is 0.626. The Hall–Kier alpha value is -2.14. The second kappa shape index (κ2) is 6.32. The number of aromatic nitrogens is 2. The van der Waals surface area contributed by atoms with Crippen LogP contribution in [-0.4, -0.2) is 9.55 Å². The van der Waals surface area contributed by atoms with Crippen molar-refractivity contribution < 1.29 is 4.39 Å². The molecule has 5 heteroatoms. The first-order valence-corrected chi connectivity index (χ1v) is 7.69. The van der Waals surface area contributed by atoms with E-state index in [1.165, 1.54) is 12.1 Å². The molecule has 1 heterocycles. The molecule has 0 saturated heterocycles. The van der Waals surface area contributed by atoms with E-state index in [0.29, 0.717) is 6.54 Å². The van der Waals surface area contributed by atoms with Crippen LogP contribution in [0.15, 0.2) is 59.2 Å². The highest BCUT2D eigenvalue weighted by Crippen LogP contribution is 2.24. The first-order valence-electron chi connectivity index (χ1n) is 6.89. The Labute approximate surface area is 136 Å². The Bertz CT molecular complexity index is 798. The van der Waals surface area contributed by atoms with Crippen molar-refractivity contribution in [2.75, 3.05) is 5.32 Å². The summed E-state index contributed by atoms with van der Waals surface area (Å²) in [6.45, 7) is 0.528. The number of imidazole rings is 1. The highest BCUT2D eigenvalue weighted by molar-refractivity contribution is 9.10. The largest absolute Gasteiger partial charge is 0.352 e. The summed E-state index contributed by atoms with van der Waals surface area (Å²) in [4.78, 5) is 4.40. The predicted octanol–water partition coefficient (Wildman–Crippen LogP) is 4.60. The standard InChI is InChI=1S/C17H15BrFN3/c1-22-16(13-5-3-6-14(18)9-13)11-21-17(22)20-10-12-4-2-7-15(19)8-12/h2-9,11H,10H2,1H3,(H,20,21). The highest BCUT2D eigenvalue weighted by atomic mass is 79.9. The van der Waals surface area contributed by atoms with Gasteiger partial charge < -0.3 is 9.88 Å². The van der Waals surface area contributed by atoms with Crippen LogP contribution in [0, 0.1) is 5.82 Å². The Morgan fingerprint density at radius 2 is 2.00 bits per heavy atom. The summed E-state index contributed by atoms with van der Waals surface area (Å²) in [5.74, 6) is 0.521. The first-order chi connectivity index (χ1) is 10.6. The Morgan fingerprint density at radius 3 is 2.77 bits per heavy atom. The summed E-state index contributed by atoms with van der Waals surface area (Å²) in [5.41, 5.74) is 2.98. The average molecular weight is 360 g/mol. The molecule has 0 amide bonds. The number of nitrogens with zero attached hydrogens (tertiary/aromatic N) is 2. The molecule has 0 radical (unpaired) electrons. The van der Waals surface area contributed by atoms with Crippen LogP contribution >= 0.6 is 15.9 Å². The van der Waals surface area contributed by atoms with Crippen LogP contribution in [0.25, 0.3) is 11.3 Å². The summed E-state index contributed by atoms with van der Waals surface area (Å²) in [6, 6.07) is 14.6. The van der Waals surface area contributed by atoms with Crippen LogP contribution < -0.4 is 5.32 Å². The maximum absolute atomic E-state index is 13.2. The highest BCUT2D eigenvalue weighted by Gasteiger charge is 2.08. The van der Waals surface area contributed by atoms with Gasteiger partial charge in [-0.1, -0.05) is 40.2 Å². The van der Waals surface area contributed by atoms with Crippen LogP contribution in [-0.2, 0) is 13.6 Å². The van der Waals surface area contributed by atoms with Gasteiger partial charge in [-0.15, -0.1) is 0 Å². The molecule has 0 unspecified atom stereocenters. The number of hydrogen-bond acceptors (Lipinski definition) is 2. The predicted molar refractivity (Wildman–Crippen MR) is 90.1 cm³/mol. The number of hydrogen-bond donors (Lipinski definition) is 1. The third-order valence-corrected chi connectivity index (χ3v) is 3.94. The van der Waals surface area contributed by atoms with E-state index in [9.17, 15) is 4.39 Å².